The Hall–Kier alpha value is -2.21. The third kappa shape index (κ3) is 4.45. The van der Waals surface area contributed by atoms with Gasteiger partial charge in [-0.05, 0) is 24.9 Å². The van der Waals surface area contributed by atoms with Crippen LogP contribution in [0.4, 0.5) is 0 Å². The van der Waals surface area contributed by atoms with Crippen molar-refractivity contribution in [1.82, 2.24) is 15.0 Å². The van der Waals surface area contributed by atoms with Gasteiger partial charge in [-0.25, -0.2) is 0 Å². The predicted octanol–water partition coefficient (Wildman–Crippen LogP) is 3.38. The molecule has 0 radical (unpaired) electrons. The van der Waals surface area contributed by atoms with Crippen molar-refractivity contribution >= 4 is 5.97 Å². The van der Waals surface area contributed by atoms with E-state index in [1.807, 2.05) is 18.2 Å². The van der Waals surface area contributed by atoms with Crippen LogP contribution in [0.25, 0.3) is 11.4 Å². The number of benzene rings is 1. The standard InChI is InChI=1S/C19H25N3O3/c1-2-3-4-9-17-20-18(21-25-17)16-8-6-5-7-14(16)12-22-11-10-15(13-22)19(23)24/h5-8,15H,2-4,9-13H2,1H3,(H,23,24). The monoisotopic (exact) mass is 343 g/mol. The van der Waals surface area contributed by atoms with Gasteiger partial charge in [-0.2, -0.15) is 4.98 Å². The molecule has 1 unspecified atom stereocenters. The second-order valence-corrected chi connectivity index (χ2v) is 6.68. The summed E-state index contributed by atoms with van der Waals surface area (Å²) in [4.78, 5) is 17.9. The molecule has 1 atom stereocenters. The topological polar surface area (TPSA) is 79.5 Å². The fourth-order valence-electron chi connectivity index (χ4n) is 3.29. The normalized spacial score (nSPS) is 17.9. The summed E-state index contributed by atoms with van der Waals surface area (Å²) in [5.41, 5.74) is 2.07. The first-order chi connectivity index (χ1) is 12.2. The maximum Gasteiger partial charge on any atom is 0.307 e. The lowest BCUT2D eigenvalue weighted by Gasteiger charge is -2.16. The molecular weight excluding hydrogens is 318 g/mol. The van der Waals surface area contributed by atoms with Gasteiger partial charge in [0, 0.05) is 25.1 Å². The molecule has 3 rings (SSSR count). The number of aromatic nitrogens is 2. The van der Waals surface area contributed by atoms with E-state index in [0.29, 0.717) is 31.2 Å². The average Bonchev–Trinajstić information content (AvgIpc) is 3.25. The quantitative estimate of drug-likeness (QED) is 0.740. The zero-order valence-corrected chi connectivity index (χ0v) is 14.6. The maximum atomic E-state index is 11.1. The summed E-state index contributed by atoms with van der Waals surface area (Å²) < 4.78 is 5.39. The third-order valence-electron chi connectivity index (χ3n) is 4.74. The maximum absolute atomic E-state index is 11.1. The minimum absolute atomic E-state index is 0.262. The molecule has 1 aromatic heterocycles. The number of likely N-dealkylation sites (tertiary alicyclic amines) is 1. The number of hydrogen-bond acceptors (Lipinski definition) is 5. The Labute approximate surface area is 147 Å². The summed E-state index contributed by atoms with van der Waals surface area (Å²) in [6.45, 7) is 4.28. The smallest absolute Gasteiger partial charge is 0.307 e. The molecule has 6 heteroatoms. The van der Waals surface area contributed by atoms with Crippen LogP contribution >= 0.6 is 0 Å². The highest BCUT2D eigenvalue weighted by atomic mass is 16.5. The van der Waals surface area contributed by atoms with Gasteiger partial charge in [0.05, 0.1) is 5.92 Å². The summed E-state index contributed by atoms with van der Waals surface area (Å²) in [6.07, 6.45) is 4.91. The zero-order chi connectivity index (χ0) is 17.6. The minimum atomic E-state index is -0.703. The molecule has 0 bridgehead atoms. The largest absolute Gasteiger partial charge is 0.481 e. The van der Waals surface area contributed by atoms with Crippen molar-refractivity contribution in [1.29, 1.82) is 0 Å². The summed E-state index contributed by atoms with van der Waals surface area (Å²) in [6, 6.07) is 8.01. The van der Waals surface area contributed by atoms with E-state index in [2.05, 4.69) is 28.0 Å². The molecule has 1 fully saturated rings. The minimum Gasteiger partial charge on any atom is -0.481 e. The molecular formula is C19H25N3O3. The molecule has 6 nitrogen and oxygen atoms in total. The molecule has 1 saturated heterocycles. The van der Waals surface area contributed by atoms with Gasteiger partial charge in [-0.3, -0.25) is 9.69 Å². The van der Waals surface area contributed by atoms with Crippen molar-refractivity contribution in [3.63, 3.8) is 0 Å². The predicted molar refractivity (Wildman–Crippen MR) is 94.0 cm³/mol. The van der Waals surface area contributed by atoms with Gasteiger partial charge >= 0.3 is 5.97 Å². The molecule has 1 aliphatic heterocycles. The number of aliphatic carboxylic acids is 1. The van der Waals surface area contributed by atoms with Crippen LogP contribution in [-0.2, 0) is 17.8 Å². The summed E-state index contributed by atoms with van der Waals surface area (Å²) in [5.74, 6) is 0.342. The van der Waals surface area contributed by atoms with Gasteiger partial charge in [-0.15, -0.1) is 0 Å². The summed E-state index contributed by atoms with van der Waals surface area (Å²) in [7, 11) is 0. The number of carbonyl (C=O) groups is 1. The second kappa shape index (κ2) is 8.25. The van der Waals surface area contributed by atoms with Gasteiger partial charge in [0.1, 0.15) is 0 Å². The number of rotatable bonds is 8. The highest BCUT2D eigenvalue weighted by molar-refractivity contribution is 5.70. The number of carboxylic acids is 1. The summed E-state index contributed by atoms with van der Waals surface area (Å²) >= 11 is 0. The van der Waals surface area contributed by atoms with E-state index in [9.17, 15) is 4.79 Å². The number of aryl methyl sites for hydroxylation is 1. The van der Waals surface area contributed by atoms with Crippen LogP contribution in [-0.4, -0.2) is 39.2 Å². The zero-order valence-electron chi connectivity index (χ0n) is 14.6. The molecule has 0 saturated carbocycles. The van der Waals surface area contributed by atoms with Crippen molar-refractivity contribution in [2.45, 2.75) is 45.6 Å². The SMILES string of the molecule is CCCCCc1nc(-c2ccccc2CN2CCC(C(=O)O)C2)no1. The van der Waals surface area contributed by atoms with Gasteiger partial charge < -0.3 is 9.63 Å². The Bertz CT molecular complexity index is 713. The van der Waals surface area contributed by atoms with Crippen LogP contribution in [0.1, 0.15) is 44.1 Å². The molecule has 0 amide bonds. The Balaban J connectivity index is 1.70. The van der Waals surface area contributed by atoms with E-state index < -0.39 is 5.97 Å². The third-order valence-corrected chi connectivity index (χ3v) is 4.74. The number of nitrogens with zero attached hydrogens (tertiary/aromatic N) is 3. The fraction of sp³-hybridized carbons (Fsp3) is 0.526. The highest BCUT2D eigenvalue weighted by Crippen LogP contribution is 2.25. The molecule has 0 spiro atoms. The van der Waals surface area contributed by atoms with E-state index in [1.165, 1.54) is 0 Å². The van der Waals surface area contributed by atoms with Crippen molar-refractivity contribution < 1.29 is 14.4 Å². The lowest BCUT2D eigenvalue weighted by atomic mass is 10.1. The van der Waals surface area contributed by atoms with E-state index in [-0.39, 0.29) is 5.92 Å². The molecule has 2 aromatic rings. The first-order valence-corrected chi connectivity index (χ1v) is 9.03. The van der Waals surface area contributed by atoms with Crippen LogP contribution < -0.4 is 0 Å². The number of carboxylic acid groups (broad SMARTS) is 1. The van der Waals surface area contributed by atoms with Crippen LogP contribution in [0, 0.1) is 5.92 Å². The first kappa shape index (κ1) is 17.6. The first-order valence-electron chi connectivity index (χ1n) is 9.03. The Morgan fingerprint density at radius 2 is 2.20 bits per heavy atom. The average molecular weight is 343 g/mol. The van der Waals surface area contributed by atoms with Crippen molar-refractivity contribution in [3.8, 4) is 11.4 Å². The highest BCUT2D eigenvalue weighted by Gasteiger charge is 2.28. The number of unbranched alkanes of at least 4 members (excludes halogenated alkanes) is 2. The van der Waals surface area contributed by atoms with Crippen LogP contribution in [0.15, 0.2) is 28.8 Å². The van der Waals surface area contributed by atoms with Gasteiger partial charge in [0.2, 0.25) is 11.7 Å². The Morgan fingerprint density at radius 1 is 1.36 bits per heavy atom. The van der Waals surface area contributed by atoms with Crippen molar-refractivity contribution in [2.75, 3.05) is 13.1 Å². The second-order valence-electron chi connectivity index (χ2n) is 6.68. The summed E-state index contributed by atoms with van der Waals surface area (Å²) in [5, 5.41) is 13.3. The Morgan fingerprint density at radius 3 is 2.96 bits per heavy atom. The Kier molecular flexibility index (Phi) is 5.81. The number of hydrogen-bond donors (Lipinski definition) is 1. The molecule has 1 aromatic carbocycles. The van der Waals surface area contributed by atoms with E-state index in [4.69, 9.17) is 9.63 Å². The van der Waals surface area contributed by atoms with Gasteiger partial charge in [0.25, 0.3) is 0 Å². The van der Waals surface area contributed by atoms with Gasteiger partial charge in [0.15, 0.2) is 0 Å². The van der Waals surface area contributed by atoms with Crippen LogP contribution in [0.2, 0.25) is 0 Å². The molecule has 0 aliphatic carbocycles. The molecule has 134 valence electrons. The fourth-order valence-corrected chi connectivity index (χ4v) is 3.29. The molecule has 1 N–H and O–H groups in total. The molecule has 1 aliphatic rings. The van der Waals surface area contributed by atoms with E-state index in [0.717, 1.165) is 43.4 Å². The van der Waals surface area contributed by atoms with E-state index in [1.54, 1.807) is 0 Å². The van der Waals surface area contributed by atoms with E-state index >= 15 is 0 Å². The van der Waals surface area contributed by atoms with Crippen LogP contribution in [0.3, 0.4) is 0 Å². The van der Waals surface area contributed by atoms with Crippen LogP contribution in [0.5, 0.6) is 0 Å². The molecule has 25 heavy (non-hydrogen) atoms. The van der Waals surface area contributed by atoms with Crippen molar-refractivity contribution in [3.05, 3.63) is 35.7 Å². The molecule has 2 heterocycles. The van der Waals surface area contributed by atoms with Gasteiger partial charge in [-0.1, -0.05) is 49.2 Å². The van der Waals surface area contributed by atoms with Crippen molar-refractivity contribution in [2.24, 2.45) is 5.92 Å². The lowest BCUT2D eigenvalue weighted by molar-refractivity contribution is -0.141. The lowest BCUT2D eigenvalue weighted by Crippen LogP contribution is -2.23.